The number of hydrogen-bond donors (Lipinski definition) is 5. The Bertz CT molecular complexity index is 1210. The molecule has 6 heteroatoms. The third-order valence-corrected chi connectivity index (χ3v) is 5.15. The van der Waals surface area contributed by atoms with Crippen molar-refractivity contribution in [3.05, 3.63) is 65.2 Å². The summed E-state index contributed by atoms with van der Waals surface area (Å²) in [6.07, 6.45) is 0.449. The second kappa shape index (κ2) is 7.02. The number of nitrogens with one attached hydrogen (secondary N) is 1. The molecule has 4 rings (SSSR count). The van der Waals surface area contributed by atoms with E-state index < -0.39 is 0 Å². The van der Waals surface area contributed by atoms with Gasteiger partial charge in [0.1, 0.15) is 23.0 Å². The van der Waals surface area contributed by atoms with Crippen molar-refractivity contribution in [3.63, 3.8) is 0 Å². The summed E-state index contributed by atoms with van der Waals surface area (Å²) in [5, 5.41) is 46.5. The van der Waals surface area contributed by atoms with E-state index in [2.05, 4.69) is 5.32 Å². The molecule has 0 heterocycles. The number of halogens is 1. The lowest BCUT2D eigenvalue weighted by atomic mass is 9.99. The molecule has 0 saturated heterocycles. The normalized spacial score (nSPS) is 11.2. The van der Waals surface area contributed by atoms with Crippen molar-refractivity contribution < 1.29 is 20.4 Å². The monoisotopic (exact) mass is 395 g/mol. The van der Waals surface area contributed by atoms with Gasteiger partial charge < -0.3 is 25.7 Å². The van der Waals surface area contributed by atoms with Crippen LogP contribution in [0.25, 0.3) is 21.5 Å². The van der Waals surface area contributed by atoms with Gasteiger partial charge in [0.15, 0.2) is 0 Å². The van der Waals surface area contributed by atoms with Crippen molar-refractivity contribution in [1.82, 2.24) is 0 Å². The number of phenolic OH excluding ortho intramolecular Hbond substituents is 4. The maximum Gasteiger partial charge on any atom is 0.133 e. The van der Waals surface area contributed by atoms with E-state index in [1.54, 1.807) is 36.4 Å². The fraction of sp³-hybridized carbons (Fsp3) is 0.0909. The van der Waals surface area contributed by atoms with Crippen LogP contribution in [0.15, 0.2) is 54.6 Å². The van der Waals surface area contributed by atoms with E-state index >= 15 is 0 Å². The highest BCUT2D eigenvalue weighted by molar-refractivity contribution is 6.38. The predicted octanol–water partition coefficient (Wildman–Crippen LogP) is 5.12. The SMILES string of the molecule is Oc1ccc(O)c(CCNc2ccc(Cl)c3c(O)c4ccccc4c(O)c23)c1. The maximum atomic E-state index is 10.9. The van der Waals surface area contributed by atoms with E-state index in [-0.39, 0.29) is 23.0 Å². The molecule has 4 aromatic rings. The summed E-state index contributed by atoms with van der Waals surface area (Å²) in [4.78, 5) is 0. The topological polar surface area (TPSA) is 93.0 Å². The molecule has 142 valence electrons. The summed E-state index contributed by atoms with van der Waals surface area (Å²) in [5.41, 5.74) is 1.21. The van der Waals surface area contributed by atoms with Gasteiger partial charge in [-0.15, -0.1) is 0 Å². The van der Waals surface area contributed by atoms with Crippen LogP contribution in [-0.2, 0) is 6.42 Å². The summed E-state index contributed by atoms with van der Waals surface area (Å²) in [6.45, 7) is 0.431. The summed E-state index contributed by atoms with van der Waals surface area (Å²) in [5.74, 6) is 0.238. The third-order valence-electron chi connectivity index (χ3n) is 4.84. The average molecular weight is 396 g/mol. The van der Waals surface area contributed by atoms with Crippen LogP contribution >= 0.6 is 11.6 Å². The molecule has 28 heavy (non-hydrogen) atoms. The lowest BCUT2D eigenvalue weighted by molar-refractivity contribution is 0.454. The lowest BCUT2D eigenvalue weighted by Gasteiger charge is -2.16. The van der Waals surface area contributed by atoms with Crippen LogP contribution in [0.5, 0.6) is 23.0 Å². The molecule has 5 N–H and O–H groups in total. The zero-order chi connectivity index (χ0) is 19.8. The molecule has 0 spiro atoms. The first-order valence-corrected chi connectivity index (χ1v) is 9.14. The Morgan fingerprint density at radius 2 is 1.46 bits per heavy atom. The molecular formula is C22H18ClNO4. The first-order chi connectivity index (χ1) is 13.5. The van der Waals surface area contributed by atoms with Gasteiger partial charge in [0.25, 0.3) is 0 Å². The molecule has 0 amide bonds. The first kappa shape index (κ1) is 18.1. The maximum absolute atomic E-state index is 10.9. The molecule has 0 aliphatic rings. The van der Waals surface area contributed by atoms with Crippen molar-refractivity contribution in [3.8, 4) is 23.0 Å². The van der Waals surface area contributed by atoms with Crippen molar-refractivity contribution in [1.29, 1.82) is 0 Å². The largest absolute Gasteiger partial charge is 0.508 e. The number of fused-ring (bicyclic) bond motifs is 2. The fourth-order valence-electron chi connectivity index (χ4n) is 3.47. The van der Waals surface area contributed by atoms with Crippen LogP contribution in [0.2, 0.25) is 5.02 Å². The van der Waals surface area contributed by atoms with Crippen LogP contribution in [-0.4, -0.2) is 27.0 Å². The molecule has 0 aromatic heterocycles. The zero-order valence-electron chi connectivity index (χ0n) is 14.8. The second-order valence-corrected chi connectivity index (χ2v) is 6.98. The average Bonchev–Trinajstić information content (AvgIpc) is 2.69. The number of phenols is 4. The van der Waals surface area contributed by atoms with Crippen molar-refractivity contribution in [2.45, 2.75) is 6.42 Å². The summed E-state index contributed by atoms with van der Waals surface area (Å²) < 4.78 is 0. The van der Waals surface area contributed by atoms with Crippen molar-refractivity contribution in [2.75, 3.05) is 11.9 Å². The number of benzene rings is 4. The highest BCUT2D eigenvalue weighted by Gasteiger charge is 2.18. The van der Waals surface area contributed by atoms with Crippen LogP contribution in [0.3, 0.4) is 0 Å². The van der Waals surface area contributed by atoms with Gasteiger partial charge in [0.2, 0.25) is 0 Å². The summed E-state index contributed by atoms with van der Waals surface area (Å²) in [6, 6.07) is 14.8. The predicted molar refractivity (Wildman–Crippen MR) is 112 cm³/mol. The Morgan fingerprint density at radius 1 is 0.786 bits per heavy atom. The Hall–Kier alpha value is -3.31. The van der Waals surface area contributed by atoms with E-state index in [9.17, 15) is 20.4 Å². The van der Waals surface area contributed by atoms with Crippen molar-refractivity contribution in [2.24, 2.45) is 0 Å². The summed E-state index contributed by atoms with van der Waals surface area (Å²) in [7, 11) is 0. The zero-order valence-corrected chi connectivity index (χ0v) is 15.5. The van der Waals surface area contributed by atoms with E-state index in [0.717, 1.165) is 0 Å². The first-order valence-electron chi connectivity index (χ1n) is 8.77. The van der Waals surface area contributed by atoms with E-state index in [1.807, 2.05) is 0 Å². The molecule has 0 bridgehead atoms. The van der Waals surface area contributed by atoms with Crippen LogP contribution in [0.1, 0.15) is 5.56 Å². The van der Waals surface area contributed by atoms with Crippen molar-refractivity contribution >= 4 is 38.8 Å². The lowest BCUT2D eigenvalue weighted by Crippen LogP contribution is -2.05. The van der Waals surface area contributed by atoms with E-state index in [1.165, 1.54) is 18.2 Å². The highest BCUT2D eigenvalue weighted by Crippen LogP contribution is 2.47. The molecule has 0 unspecified atom stereocenters. The van der Waals surface area contributed by atoms with E-state index in [0.29, 0.717) is 50.8 Å². The molecule has 5 nitrogen and oxygen atoms in total. The minimum absolute atomic E-state index is 0.0164. The number of anilines is 1. The quantitative estimate of drug-likeness (QED) is 0.244. The molecule has 0 aliphatic carbocycles. The number of aromatic hydroxyl groups is 4. The molecule has 4 aromatic carbocycles. The Kier molecular flexibility index (Phi) is 4.53. The standard InChI is InChI=1S/C22H18ClNO4/c23-16-6-7-17(24-10-9-12-11-13(25)5-8-18(12)26)20-19(16)21(27)14-3-1-2-4-15(14)22(20)28/h1-8,11,24-28H,9-10H2. The summed E-state index contributed by atoms with van der Waals surface area (Å²) >= 11 is 6.32. The fourth-order valence-corrected chi connectivity index (χ4v) is 3.72. The van der Waals surface area contributed by atoms with Gasteiger partial charge in [0, 0.05) is 28.4 Å². The Labute approximate surface area is 166 Å². The van der Waals surface area contributed by atoms with Gasteiger partial charge in [0.05, 0.1) is 10.4 Å². The van der Waals surface area contributed by atoms with Gasteiger partial charge in [-0.25, -0.2) is 0 Å². The highest BCUT2D eigenvalue weighted by atomic mass is 35.5. The molecule has 0 radical (unpaired) electrons. The molecule has 0 aliphatic heterocycles. The smallest absolute Gasteiger partial charge is 0.133 e. The molecule has 0 saturated carbocycles. The Balaban J connectivity index is 1.75. The van der Waals surface area contributed by atoms with E-state index in [4.69, 9.17) is 11.6 Å². The Morgan fingerprint density at radius 3 is 2.18 bits per heavy atom. The van der Waals surface area contributed by atoms with Crippen LogP contribution in [0, 0.1) is 0 Å². The number of hydrogen-bond acceptors (Lipinski definition) is 5. The van der Waals surface area contributed by atoms with Gasteiger partial charge in [-0.3, -0.25) is 0 Å². The minimum atomic E-state index is 0.0164. The number of rotatable bonds is 4. The van der Waals surface area contributed by atoms with Gasteiger partial charge in [-0.05, 0) is 42.3 Å². The third kappa shape index (κ3) is 3.00. The minimum Gasteiger partial charge on any atom is -0.508 e. The van der Waals surface area contributed by atoms with Gasteiger partial charge in [-0.1, -0.05) is 35.9 Å². The second-order valence-electron chi connectivity index (χ2n) is 6.58. The molecular weight excluding hydrogens is 378 g/mol. The van der Waals surface area contributed by atoms with Gasteiger partial charge >= 0.3 is 0 Å². The van der Waals surface area contributed by atoms with Gasteiger partial charge in [-0.2, -0.15) is 0 Å². The van der Waals surface area contributed by atoms with Crippen LogP contribution < -0.4 is 5.32 Å². The molecule has 0 atom stereocenters. The molecule has 0 fully saturated rings. The van der Waals surface area contributed by atoms with Crippen LogP contribution in [0.4, 0.5) is 5.69 Å².